The minimum Gasteiger partial charge on any atom is -0.460 e. The van der Waals surface area contributed by atoms with Crippen LogP contribution in [0.15, 0.2) is 41.1 Å². The van der Waals surface area contributed by atoms with Gasteiger partial charge < -0.3 is 24.5 Å². The molecule has 4 aromatic rings. The van der Waals surface area contributed by atoms with Crippen LogP contribution in [0.4, 0.5) is 8.78 Å². The van der Waals surface area contributed by atoms with E-state index in [-0.39, 0.29) is 31.3 Å². The van der Waals surface area contributed by atoms with Gasteiger partial charge in [-0.2, -0.15) is 5.10 Å². The molecule has 1 aliphatic heterocycles. The molecule has 0 spiro atoms. The molecule has 0 radical (unpaired) electrons. The highest BCUT2D eigenvalue weighted by Gasteiger charge is 2.46. The summed E-state index contributed by atoms with van der Waals surface area (Å²) >= 11 is 0. The molecule has 1 aliphatic carbocycles. The van der Waals surface area contributed by atoms with Crippen molar-refractivity contribution >= 4 is 28.3 Å². The summed E-state index contributed by atoms with van der Waals surface area (Å²) in [5.74, 6) is -2.06. The third-order valence-electron chi connectivity index (χ3n) is 7.53. The van der Waals surface area contributed by atoms with Gasteiger partial charge in [0.2, 0.25) is 0 Å². The molecule has 4 heterocycles. The Morgan fingerprint density at radius 1 is 1.24 bits per heavy atom. The number of nitrogens with one attached hydrogen (secondary N) is 1. The second-order valence-electron chi connectivity index (χ2n) is 10.1. The number of benzene rings is 1. The van der Waals surface area contributed by atoms with E-state index < -0.39 is 24.0 Å². The quantitative estimate of drug-likeness (QED) is 0.405. The van der Waals surface area contributed by atoms with Gasteiger partial charge in [-0.3, -0.25) is 9.59 Å². The van der Waals surface area contributed by atoms with Crippen molar-refractivity contribution in [3.8, 4) is 11.5 Å². The summed E-state index contributed by atoms with van der Waals surface area (Å²) in [4.78, 5) is 27.4. The lowest BCUT2D eigenvalue weighted by Gasteiger charge is -2.43. The van der Waals surface area contributed by atoms with Gasteiger partial charge in [0, 0.05) is 49.1 Å². The lowest BCUT2D eigenvalue weighted by Crippen LogP contribution is -2.60. The maximum atomic E-state index is 13.2. The van der Waals surface area contributed by atoms with Crippen LogP contribution in [-0.2, 0) is 0 Å². The monoisotopic (exact) mass is 524 g/mol. The Bertz CT molecular complexity index is 1600. The number of carbonyl (C=O) groups excluding carboxylic acids is 2. The van der Waals surface area contributed by atoms with Crippen molar-refractivity contribution in [1.82, 2.24) is 19.8 Å². The number of alkyl halides is 2. The van der Waals surface area contributed by atoms with E-state index in [1.165, 1.54) is 0 Å². The lowest BCUT2D eigenvalue weighted by molar-refractivity contribution is -0.0901. The number of β-amino-alcohol motifs (C(OH)–C–C–N with tert-alkyl or cyclic N) is 1. The molecule has 198 valence electrons. The Labute approximate surface area is 216 Å². The number of carbonyl (C=O) groups is 2. The van der Waals surface area contributed by atoms with Gasteiger partial charge in [-0.15, -0.1) is 0 Å². The van der Waals surface area contributed by atoms with Crippen LogP contribution in [0.1, 0.15) is 51.8 Å². The number of fused-ring (bicyclic) bond motifs is 2. The van der Waals surface area contributed by atoms with Crippen molar-refractivity contribution in [1.29, 1.82) is 0 Å². The molecule has 1 saturated carbocycles. The largest absolute Gasteiger partial charge is 0.460 e. The van der Waals surface area contributed by atoms with Crippen LogP contribution in [0.3, 0.4) is 0 Å². The van der Waals surface area contributed by atoms with E-state index in [0.29, 0.717) is 50.4 Å². The normalized spacial score (nSPS) is 20.8. The molecule has 3 aromatic heterocycles. The fourth-order valence-electron chi connectivity index (χ4n) is 5.23. The summed E-state index contributed by atoms with van der Waals surface area (Å²) in [6.45, 7) is 5.56. The number of halogens is 2. The number of aliphatic hydroxyl groups excluding tert-OH is 1. The summed E-state index contributed by atoms with van der Waals surface area (Å²) in [5, 5.41) is 17.3. The van der Waals surface area contributed by atoms with Gasteiger partial charge in [0.15, 0.2) is 5.75 Å². The third-order valence-corrected chi connectivity index (χ3v) is 7.53. The number of amides is 2. The molecule has 38 heavy (non-hydrogen) atoms. The van der Waals surface area contributed by atoms with Crippen molar-refractivity contribution in [2.24, 2.45) is 0 Å². The van der Waals surface area contributed by atoms with Crippen molar-refractivity contribution < 1.29 is 32.6 Å². The van der Waals surface area contributed by atoms with Gasteiger partial charge in [0.05, 0.1) is 29.5 Å². The first-order valence-electron chi connectivity index (χ1n) is 12.4. The first kappa shape index (κ1) is 24.4. The van der Waals surface area contributed by atoms with Crippen LogP contribution in [0, 0.1) is 13.8 Å². The second-order valence-corrected chi connectivity index (χ2v) is 10.1. The molecule has 2 N–H and O–H groups in total. The summed E-state index contributed by atoms with van der Waals surface area (Å²) < 4.78 is 39.9. The van der Waals surface area contributed by atoms with Crippen LogP contribution in [-0.4, -0.2) is 62.1 Å². The first-order valence-corrected chi connectivity index (χ1v) is 12.4. The second kappa shape index (κ2) is 8.52. The number of aryl methyl sites for hydroxylation is 2. The molecule has 9 nitrogen and oxygen atoms in total. The minimum absolute atomic E-state index is 0.180. The van der Waals surface area contributed by atoms with Gasteiger partial charge >= 0.3 is 0 Å². The maximum absolute atomic E-state index is 13.2. The number of aromatic nitrogens is 2. The molecular weight excluding hydrogens is 498 g/mol. The molecule has 2 amide bonds. The fraction of sp³-hybridized carbons (Fsp3) is 0.370. The molecule has 2 fully saturated rings. The van der Waals surface area contributed by atoms with E-state index in [2.05, 4.69) is 10.4 Å². The van der Waals surface area contributed by atoms with Crippen LogP contribution >= 0.6 is 0 Å². The average Bonchev–Trinajstić information content (AvgIpc) is 3.36. The van der Waals surface area contributed by atoms with E-state index in [9.17, 15) is 23.5 Å². The van der Waals surface area contributed by atoms with E-state index in [1.54, 1.807) is 59.9 Å². The van der Waals surface area contributed by atoms with E-state index >= 15 is 0 Å². The highest BCUT2D eigenvalue weighted by Crippen LogP contribution is 2.38. The molecule has 2 atom stereocenters. The van der Waals surface area contributed by atoms with Gasteiger partial charge in [-0.05, 0) is 38.5 Å². The van der Waals surface area contributed by atoms with Crippen LogP contribution in [0.5, 0.6) is 11.5 Å². The fourth-order valence-corrected chi connectivity index (χ4v) is 5.23. The van der Waals surface area contributed by atoms with Gasteiger partial charge in [0.1, 0.15) is 22.6 Å². The summed E-state index contributed by atoms with van der Waals surface area (Å²) in [6, 6.07) is 5.92. The van der Waals surface area contributed by atoms with E-state index in [4.69, 9.17) is 9.15 Å². The molecule has 11 heteroatoms. The van der Waals surface area contributed by atoms with Gasteiger partial charge in [-0.1, -0.05) is 0 Å². The molecule has 0 unspecified atom stereocenters. The van der Waals surface area contributed by atoms with E-state index in [1.807, 2.05) is 6.92 Å². The van der Waals surface area contributed by atoms with Crippen molar-refractivity contribution in [2.45, 2.75) is 57.7 Å². The molecular formula is C27H26F2N4O5. The Kier molecular flexibility index (Phi) is 5.46. The van der Waals surface area contributed by atoms with Crippen molar-refractivity contribution in [3.05, 3.63) is 59.1 Å². The van der Waals surface area contributed by atoms with Crippen molar-refractivity contribution in [2.75, 3.05) is 6.54 Å². The number of rotatable bonds is 5. The number of likely N-dealkylation sites (tertiary alicyclic amines) is 1. The summed E-state index contributed by atoms with van der Waals surface area (Å²) in [5.41, 5.74) is 2.52. The van der Waals surface area contributed by atoms with Crippen LogP contribution in [0.25, 0.3) is 16.5 Å². The van der Waals surface area contributed by atoms with Crippen LogP contribution in [0.2, 0.25) is 0 Å². The smallest absolute Gasteiger partial charge is 0.256 e. The number of hydrogen-bond acceptors (Lipinski definition) is 6. The number of hydrogen-bond donors (Lipinski definition) is 2. The Hall–Kier alpha value is -3.99. The highest BCUT2D eigenvalue weighted by molar-refractivity contribution is 6.07. The Morgan fingerprint density at radius 2 is 2.00 bits per heavy atom. The topological polar surface area (TPSA) is 109 Å². The average molecular weight is 525 g/mol. The molecule has 6 rings (SSSR count). The predicted molar refractivity (Wildman–Crippen MR) is 133 cm³/mol. The van der Waals surface area contributed by atoms with Crippen LogP contribution < -0.4 is 10.1 Å². The maximum Gasteiger partial charge on any atom is 0.256 e. The Morgan fingerprint density at radius 3 is 2.68 bits per heavy atom. The van der Waals surface area contributed by atoms with Gasteiger partial charge in [-0.25, -0.2) is 13.3 Å². The SMILES string of the molecule is Cc1oc2cc(Oc3ccnn4cc(C(=O)N5C[C@@H](O)[C@H]5C)c(C)c34)ccc2c1C(=O)NC1CC(F)(F)C1. The Balaban J connectivity index is 1.27. The first-order chi connectivity index (χ1) is 18.0. The highest BCUT2D eigenvalue weighted by atomic mass is 19.3. The number of ether oxygens (including phenoxy) is 1. The van der Waals surface area contributed by atoms with E-state index in [0.717, 1.165) is 0 Å². The molecule has 1 aromatic carbocycles. The lowest BCUT2D eigenvalue weighted by atomic mass is 9.88. The molecule has 1 saturated heterocycles. The summed E-state index contributed by atoms with van der Waals surface area (Å²) in [7, 11) is 0. The third kappa shape index (κ3) is 3.89. The standard InChI is InChI=1S/C27H26F2N4O5/c1-13-19(26(36)32-12-20(34)14(32)2)11-33-24(13)21(6-7-30-33)38-17-4-5-18-22(8-17)37-15(3)23(18)25(35)31-16-9-27(28,29)10-16/h4-8,11,14,16,20,34H,9-10,12H2,1-3H3,(H,31,35)/t14-,20-/m1/s1. The molecule has 0 bridgehead atoms. The zero-order chi connectivity index (χ0) is 26.9. The zero-order valence-corrected chi connectivity index (χ0v) is 21.0. The number of aliphatic hydroxyl groups is 1. The predicted octanol–water partition coefficient (Wildman–Crippen LogP) is 4.22. The number of furan rings is 1. The van der Waals surface area contributed by atoms with Gasteiger partial charge in [0.25, 0.3) is 17.7 Å². The summed E-state index contributed by atoms with van der Waals surface area (Å²) in [6.07, 6.45) is 1.96. The van der Waals surface area contributed by atoms with Crippen molar-refractivity contribution in [3.63, 3.8) is 0 Å². The zero-order valence-electron chi connectivity index (χ0n) is 21.0. The molecule has 2 aliphatic rings. The number of nitrogens with zero attached hydrogens (tertiary/aromatic N) is 3. The minimum atomic E-state index is -2.72.